The monoisotopic (exact) mass is 418 g/mol. The summed E-state index contributed by atoms with van der Waals surface area (Å²) in [6.07, 6.45) is 0. The van der Waals surface area contributed by atoms with Gasteiger partial charge < -0.3 is 4.84 Å². The summed E-state index contributed by atoms with van der Waals surface area (Å²) >= 11 is 1.49. The molecule has 0 spiro atoms. The molecule has 0 aliphatic carbocycles. The van der Waals surface area contributed by atoms with Gasteiger partial charge in [0.1, 0.15) is 0 Å². The van der Waals surface area contributed by atoms with Gasteiger partial charge in [0.05, 0.1) is 4.92 Å². The molecule has 0 aliphatic rings. The fraction of sp³-hybridized carbons (Fsp3) is 0.0455. The van der Waals surface area contributed by atoms with Crippen molar-refractivity contribution >= 4 is 54.7 Å². The molecule has 1 heterocycles. The Kier molecular flexibility index (Phi) is 5.07. The number of Topliss-reactive ketones (excluding diaryl/α,β-unsaturated/α-hetero) is 1. The summed E-state index contributed by atoms with van der Waals surface area (Å²) < 4.78 is 1.79. The normalized spacial score (nSPS) is 11.6. The van der Waals surface area contributed by atoms with E-state index in [-0.39, 0.29) is 11.4 Å². The fourth-order valence-electron chi connectivity index (χ4n) is 3.09. The number of non-ortho nitro benzene ring substituents is 1. The Morgan fingerprint density at radius 3 is 2.27 bits per heavy atom. The summed E-state index contributed by atoms with van der Waals surface area (Å²) in [5, 5.41) is 16.4. The molecule has 0 saturated heterocycles. The van der Waals surface area contributed by atoms with Crippen molar-refractivity contribution in [1.29, 1.82) is 0 Å². The molecule has 0 amide bonds. The predicted molar refractivity (Wildman–Crippen MR) is 115 cm³/mol. The Balaban J connectivity index is 1.84. The highest BCUT2D eigenvalue weighted by Gasteiger charge is 2.19. The van der Waals surface area contributed by atoms with E-state index in [0.717, 1.165) is 14.8 Å². The summed E-state index contributed by atoms with van der Waals surface area (Å²) in [5.41, 5.74) is 0.828. The van der Waals surface area contributed by atoms with Crippen LogP contribution < -0.4 is 0 Å². The highest BCUT2D eigenvalue weighted by Crippen LogP contribution is 2.36. The maximum atomic E-state index is 13.2. The molecule has 1 aromatic heterocycles. The first-order valence-electron chi connectivity index (χ1n) is 8.90. The van der Waals surface area contributed by atoms with E-state index in [1.54, 1.807) is 54.6 Å². The van der Waals surface area contributed by atoms with Crippen molar-refractivity contribution in [3.8, 4) is 0 Å². The summed E-state index contributed by atoms with van der Waals surface area (Å²) in [5.74, 6) is -1.06. The second-order valence-corrected chi connectivity index (χ2v) is 7.55. The van der Waals surface area contributed by atoms with Crippen LogP contribution in [0.2, 0.25) is 0 Å². The summed E-state index contributed by atoms with van der Waals surface area (Å²) in [6, 6.07) is 18.5. The number of hydrogen-bond acceptors (Lipinski definition) is 7. The molecule has 3 aromatic carbocycles. The van der Waals surface area contributed by atoms with Gasteiger partial charge in [-0.1, -0.05) is 35.5 Å². The summed E-state index contributed by atoms with van der Waals surface area (Å²) in [6.45, 7) is 1.20. The van der Waals surface area contributed by atoms with Crippen molar-refractivity contribution in [2.24, 2.45) is 5.16 Å². The molecule has 8 heteroatoms. The number of hydrogen-bond donors (Lipinski definition) is 0. The second kappa shape index (κ2) is 7.84. The quantitative estimate of drug-likeness (QED) is 0.147. The predicted octanol–water partition coefficient (Wildman–Crippen LogP) is 5.11. The minimum absolute atomic E-state index is 0.00401. The zero-order valence-electron chi connectivity index (χ0n) is 15.7. The lowest BCUT2D eigenvalue weighted by Gasteiger charge is -2.06. The third-order valence-electron chi connectivity index (χ3n) is 4.45. The first kappa shape index (κ1) is 19.4. The van der Waals surface area contributed by atoms with Gasteiger partial charge in [0, 0.05) is 50.4 Å². The first-order chi connectivity index (χ1) is 14.4. The van der Waals surface area contributed by atoms with E-state index in [1.807, 2.05) is 0 Å². The maximum absolute atomic E-state index is 13.2. The van der Waals surface area contributed by atoms with Crippen LogP contribution in [0.4, 0.5) is 5.69 Å². The lowest BCUT2D eigenvalue weighted by Crippen LogP contribution is -2.17. The second-order valence-electron chi connectivity index (χ2n) is 6.47. The molecule has 4 rings (SSSR count). The number of rotatable bonds is 5. The van der Waals surface area contributed by atoms with Crippen LogP contribution in [0.3, 0.4) is 0 Å². The highest BCUT2D eigenvalue weighted by molar-refractivity contribution is 7.25. The van der Waals surface area contributed by atoms with E-state index in [1.165, 1.54) is 30.4 Å². The molecule has 148 valence electrons. The number of carbonyl (C=O) groups excluding carboxylic acids is 2. The number of ketones is 1. The van der Waals surface area contributed by atoms with Crippen LogP contribution in [-0.2, 0) is 9.63 Å². The van der Waals surface area contributed by atoms with E-state index < -0.39 is 16.7 Å². The number of fused-ring (bicyclic) bond motifs is 3. The standard InChI is InChI=1S/C22H14N2O5S/c1-13(25)29-23-21(14-5-3-2-4-6-14)22(26)15-7-9-19-17(11-15)18-12-16(24(27)28)8-10-20(18)30-19/h2-12H,1H3. The number of thiophene rings is 1. The largest absolute Gasteiger partial charge is 0.332 e. The minimum Gasteiger partial charge on any atom is -0.318 e. The van der Waals surface area contributed by atoms with Crippen molar-refractivity contribution in [3.63, 3.8) is 0 Å². The molecular formula is C22H14N2O5S. The van der Waals surface area contributed by atoms with Gasteiger partial charge in [0.2, 0.25) is 5.78 Å². The number of oxime groups is 1. The Labute approximate surface area is 174 Å². The molecule has 0 radical (unpaired) electrons. The van der Waals surface area contributed by atoms with Gasteiger partial charge in [0.25, 0.3) is 5.69 Å². The number of nitrogens with zero attached hydrogens (tertiary/aromatic N) is 2. The zero-order valence-corrected chi connectivity index (χ0v) is 16.5. The minimum atomic E-state index is -0.636. The Hall–Kier alpha value is -3.91. The van der Waals surface area contributed by atoms with Crippen LogP contribution in [0.5, 0.6) is 0 Å². The molecule has 0 saturated carbocycles. The van der Waals surface area contributed by atoms with Crippen LogP contribution >= 0.6 is 11.3 Å². The third-order valence-corrected chi connectivity index (χ3v) is 5.61. The van der Waals surface area contributed by atoms with Crippen LogP contribution in [0.25, 0.3) is 20.2 Å². The van der Waals surface area contributed by atoms with Crippen molar-refractivity contribution in [2.75, 3.05) is 0 Å². The Morgan fingerprint density at radius 1 is 0.933 bits per heavy atom. The van der Waals surface area contributed by atoms with Gasteiger partial charge in [-0.15, -0.1) is 11.3 Å². The Bertz CT molecular complexity index is 1340. The average Bonchev–Trinajstić information content (AvgIpc) is 3.11. The topological polar surface area (TPSA) is 98.9 Å². The lowest BCUT2D eigenvalue weighted by molar-refractivity contribution is -0.384. The van der Waals surface area contributed by atoms with Gasteiger partial charge in [-0.3, -0.25) is 14.9 Å². The molecule has 0 fully saturated rings. The summed E-state index contributed by atoms with van der Waals surface area (Å²) in [4.78, 5) is 39.9. The van der Waals surface area contributed by atoms with Crippen molar-refractivity contribution in [3.05, 3.63) is 88.0 Å². The average molecular weight is 418 g/mol. The van der Waals surface area contributed by atoms with Gasteiger partial charge in [0.15, 0.2) is 5.71 Å². The molecule has 30 heavy (non-hydrogen) atoms. The number of benzene rings is 3. The molecule has 0 unspecified atom stereocenters. The van der Waals surface area contributed by atoms with Crippen LogP contribution in [0, 0.1) is 10.1 Å². The zero-order chi connectivity index (χ0) is 21.3. The highest BCUT2D eigenvalue weighted by atomic mass is 32.1. The van der Waals surface area contributed by atoms with Crippen LogP contribution in [-0.4, -0.2) is 22.4 Å². The van der Waals surface area contributed by atoms with Crippen molar-refractivity contribution < 1.29 is 19.3 Å². The number of nitro benzene ring substituents is 1. The maximum Gasteiger partial charge on any atom is 0.332 e. The van der Waals surface area contributed by atoms with E-state index in [0.29, 0.717) is 16.5 Å². The third kappa shape index (κ3) is 3.68. The summed E-state index contributed by atoms with van der Waals surface area (Å²) in [7, 11) is 0. The molecular weight excluding hydrogens is 404 g/mol. The number of carbonyl (C=O) groups is 2. The Morgan fingerprint density at radius 2 is 1.60 bits per heavy atom. The number of nitro groups is 1. The fourth-order valence-corrected chi connectivity index (χ4v) is 4.15. The van der Waals surface area contributed by atoms with Crippen molar-refractivity contribution in [1.82, 2.24) is 0 Å². The van der Waals surface area contributed by atoms with E-state index in [9.17, 15) is 19.7 Å². The van der Waals surface area contributed by atoms with Gasteiger partial charge in [-0.2, -0.15) is 0 Å². The molecule has 7 nitrogen and oxygen atoms in total. The molecule has 4 aromatic rings. The molecule has 0 atom stereocenters. The van der Waals surface area contributed by atoms with Crippen LogP contribution in [0.15, 0.2) is 71.9 Å². The lowest BCUT2D eigenvalue weighted by atomic mass is 9.99. The SMILES string of the molecule is CC(=O)ON=C(C(=O)c1ccc2sc3ccc([N+](=O)[O-])cc3c2c1)c1ccccc1. The van der Waals surface area contributed by atoms with Gasteiger partial charge in [-0.25, -0.2) is 4.79 Å². The van der Waals surface area contributed by atoms with E-state index in [4.69, 9.17) is 4.84 Å². The molecule has 0 aliphatic heterocycles. The smallest absolute Gasteiger partial charge is 0.318 e. The van der Waals surface area contributed by atoms with E-state index >= 15 is 0 Å². The first-order valence-corrected chi connectivity index (χ1v) is 9.72. The molecule has 0 bridgehead atoms. The van der Waals surface area contributed by atoms with Crippen molar-refractivity contribution in [2.45, 2.75) is 6.92 Å². The van der Waals surface area contributed by atoms with Crippen LogP contribution in [0.1, 0.15) is 22.8 Å². The van der Waals surface area contributed by atoms with Gasteiger partial charge >= 0.3 is 5.97 Å². The van der Waals surface area contributed by atoms with E-state index in [2.05, 4.69) is 5.16 Å². The van der Waals surface area contributed by atoms with Gasteiger partial charge in [-0.05, 0) is 24.3 Å². The molecule has 0 N–H and O–H groups in total.